The van der Waals surface area contributed by atoms with E-state index in [4.69, 9.17) is 9.47 Å². The maximum Gasteiger partial charge on any atom is 0.168 e. The number of hydrogen-bond donors (Lipinski definition) is 2. The van der Waals surface area contributed by atoms with Gasteiger partial charge >= 0.3 is 0 Å². The van der Waals surface area contributed by atoms with Gasteiger partial charge < -0.3 is 19.7 Å². The van der Waals surface area contributed by atoms with E-state index < -0.39 is 17.8 Å². The Hall–Kier alpha value is -0.160. The van der Waals surface area contributed by atoms with Crippen LogP contribution in [0.25, 0.3) is 0 Å². The van der Waals surface area contributed by atoms with Crippen molar-refractivity contribution in [2.45, 2.75) is 56.9 Å². The van der Waals surface area contributed by atoms with Crippen LogP contribution in [0, 0.1) is 5.41 Å². The molecule has 5 atom stereocenters. The molecule has 3 saturated heterocycles. The van der Waals surface area contributed by atoms with Crippen LogP contribution in [-0.2, 0) is 9.47 Å². The van der Waals surface area contributed by atoms with Gasteiger partial charge in [-0.2, -0.15) is 0 Å². The summed E-state index contributed by atoms with van der Waals surface area (Å²) in [6, 6.07) is 0. The first-order valence-electron chi connectivity index (χ1n) is 5.40. The van der Waals surface area contributed by atoms with Gasteiger partial charge in [0.05, 0.1) is 17.6 Å². The second-order valence-corrected chi connectivity index (χ2v) is 4.64. The summed E-state index contributed by atoms with van der Waals surface area (Å²) in [5.74, 6) is 0. The van der Waals surface area contributed by atoms with Crippen LogP contribution in [0.3, 0.4) is 0 Å². The Morgan fingerprint density at radius 1 is 1.07 bits per heavy atom. The molecule has 4 fully saturated rings. The van der Waals surface area contributed by atoms with Crippen molar-refractivity contribution in [1.29, 1.82) is 0 Å². The third-order valence-electron chi connectivity index (χ3n) is 4.03. The molecule has 0 aromatic carbocycles. The zero-order chi connectivity index (χ0) is 9.76. The average molecular weight is 200 g/mol. The average Bonchev–Trinajstić information content (AvgIpc) is 2.18. The smallest absolute Gasteiger partial charge is 0.168 e. The lowest BCUT2D eigenvalue weighted by molar-refractivity contribution is -0.406. The molecule has 2 N–H and O–H groups in total. The Morgan fingerprint density at radius 3 is 2.64 bits per heavy atom. The van der Waals surface area contributed by atoms with Crippen LogP contribution in [0.1, 0.15) is 32.1 Å². The predicted octanol–water partition coefficient (Wildman–Crippen LogP) is 0.371. The van der Waals surface area contributed by atoms with Crippen molar-refractivity contribution < 1.29 is 19.7 Å². The molecule has 4 nitrogen and oxygen atoms in total. The Kier molecular flexibility index (Phi) is 1.89. The molecule has 1 saturated carbocycles. The van der Waals surface area contributed by atoms with Crippen molar-refractivity contribution in [3.63, 3.8) is 0 Å². The Bertz CT molecular complexity index is 238. The van der Waals surface area contributed by atoms with Crippen LogP contribution >= 0.6 is 0 Å². The van der Waals surface area contributed by atoms with E-state index >= 15 is 0 Å². The molecule has 1 spiro atoms. The highest BCUT2D eigenvalue weighted by molar-refractivity contribution is 5.03. The lowest BCUT2D eigenvalue weighted by atomic mass is 9.64. The van der Waals surface area contributed by atoms with E-state index in [0.29, 0.717) is 0 Å². The maximum absolute atomic E-state index is 10.0. The molecule has 0 unspecified atom stereocenters. The van der Waals surface area contributed by atoms with Crippen LogP contribution in [0.4, 0.5) is 0 Å². The van der Waals surface area contributed by atoms with Crippen LogP contribution < -0.4 is 0 Å². The van der Waals surface area contributed by atoms with E-state index in [1.807, 2.05) is 0 Å². The minimum absolute atomic E-state index is 0.00579. The van der Waals surface area contributed by atoms with Gasteiger partial charge in [-0.25, -0.2) is 0 Å². The zero-order valence-electron chi connectivity index (χ0n) is 8.06. The van der Waals surface area contributed by atoms with Gasteiger partial charge in [-0.3, -0.25) is 0 Å². The summed E-state index contributed by atoms with van der Waals surface area (Å²) in [5.41, 5.74) is -0.535. The van der Waals surface area contributed by atoms with Crippen molar-refractivity contribution >= 4 is 0 Å². The minimum Gasteiger partial charge on any atom is -0.392 e. The summed E-state index contributed by atoms with van der Waals surface area (Å²) in [7, 11) is 0. The lowest BCUT2D eigenvalue weighted by Crippen LogP contribution is -2.65. The van der Waals surface area contributed by atoms with Crippen molar-refractivity contribution in [3.8, 4) is 0 Å². The summed E-state index contributed by atoms with van der Waals surface area (Å²) in [4.78, 5) is 0. The number of ether oxygens (including phenoxy) is 2. The second-order valence-electron chi connectivity index (χ2n) is 4.64. The van der Waals surface area contributed by atoms with Crippen LogP contribution in [-0.4, -0.2) is 35.0 Å². The fourth-order valence-electron chi connectivity index (χ4n) is 3.21. The third-order valence-corrected chi connectivity index (χ3v) is 4.03. The molecule has 0 amide bonds. The van der Waals surface area contributed by atoms with Crippen molar-refractivity contribution in [2.75, 3.05) is 0 Å². The summed E-state index contributed by atoms with van der Waals surface area (Å²) >= 11 is 0. The quantitative estimate of drug-likeness (QED) is 0.593. The molecule has 4 rings (SSSR count). The summed E-state index contributed by atoms with van der Waals surface area (Å²) < 4.78 is 11.0. The molecule has 0 aromatic rings. The van der Waals surface area contributed by atoms with Gasteiger partial charge in [-0.1, -0.05) is 0 Å². The van der Waals surface area contributed by atoms with Crippen molar-refractivity contribution in [3.05, 3.63) is 0 Å². The van der Waals surface area contributed by atoms with E-state index in [-0.39, 0.29) is 12.4 Å². The van der Waals surface area contributed by atoms with E-state index in [2.05, 4.69) is 0 Å². The summed E-state index contributed by atoms with van der Waals surface area (Å²) in [5, 5.41) is 19.9. The van der Waals surface area contributed by atoms with Gasteiger partial charge in [0, 0.05) is 0 Å². The van der Waals surface area contributed by atoms with Gasteiger partial charge in [-0.05, 0) is 32.1 Å². The van der Waals surface area contributed by atoms with Gasteiger partial charge in [0.15, 0.2) is 12.6 Å². The molecular formula is C10H16O4. The monoisotopic (exact) mass is 200 g/mol. The fraction of sp³-hybridized carbons (Fsp3) is 1.00. The highest BCUT2D eigenvalue weighted by Gasteiger charge is 2.60. The van der Waals surface area contributed by atoms with Gasteiger partial charge in [-0.15, -0.1) is 0 Å². The maximum atomic E-state index is 10.0. The van der Waals surface area contributed by atoms with E-state index in [1.54, 1.807) is 0 Å². The van der Waals surface area contributed by atoms with E-state index in [0.717, 1.165) is 32.1 Å². The van der Waals surface area contributed by atoms with Crippen LogP contribution in [0.5, 0.6) is 0 Å². The normalized spacial score (nSPS) is 57.0. The van der Waals surface area contributed by atoms with Gasteiger partial charge in [0.1, 0.15) is 0 Å². The Labute approximate surface area is 82.8 Å². The minimum atomic E-state index is -0.838. The number of hydrogen-bond acceptors (Lipinski definition) is 4. The standard InChI is InChI=1S/C10H16O4/c11-6-2-1-3-7-10(6)5-4-8(13-7)14-9(10)12/h6-9,11-12H,1-5H2/t6-,7+,8+,9-,10+/m1/s1. The Morgan fingerprint density at radius 2 is 1.93 bits per heavy atom. The first kappa shape index (κ1) is 9.09. The van der Waals surface area contributed by atoms with Crippen LogP contribution in [0.15, 0.2) is 0 Å². The molecule has 4 aliphatic rings. The molecule has 80 valence electrons. The predicted molar refractivity (Wildman–Crippen MR) is 47.3 cm³/mol. The molecule has 4 heteroatoms. The number of aliphatic hydroxyl groups excluding tert-OH is 2. The first-order valence-corrected chi connectivity index (χ1v) is 5.40. The fourth-order valence-corrected chi connectivity index (χ4v) is 3.21. The molecule has 0 radical (unpaired) electrons. The van der Waals surface area contributed by atoms with Gasteiger partial charge in [0.2, 0.25) is 0 Å². The van der Waals surface area contributed by atoms with Crippen molar-refractivity contribution in [2.24, 2.45) is 5.41 Å². The Balaban J connectivity index is 1.97. The first-order chi connectivity index (χ1) is 6.73. The topological polar surface area (TPSA) is 58.9 Å². The highest BCUT2D eigenvalue weighted by Crippen LogP contribution is 2.53. The van der Waals surface area contributed by atoms with E-state index in [1.165, 1.54) is 0 Å². The largest absolute Gasteiger partial charge is 0.392 e. The SMILES string of the molecule is O[C@@H]1CCC[C@@H]2O[C@@H]3CC[C@]12[C@H](O)O3. The molecule has 0 aromatic heterocycles. The van der Waals surface area contributed by atoms with Crippen molar-refractivity contribution in [1.82, 2.24) is 0 Å². The summed E-state index contributed by atoms with van der Waals surface area (Å²) in [6.45, 7) is 0. The van der Waals surface area contributed by atoms with Gasteiger partial charge in [0.25, 0.3) is 0 Å². The lowest BCUT2D eigenvalue weighted by Gasteiger charge is -2.58. The molecule has 14 heavy (non-hydrogen) atoms. The molecular weight excluding hydrogens is 184 g/mol. The number of aliphatic hydroxyl groups is 2. The third kappa shape index (κ3) is 0.972. The highest BCUT2D eigenvalue weighted by atomic mass is 16.7. The molecule has 3 aliphatic heterocycles. The number of rotatable bonds is 0. The molecule has 3 heterocycles. The molecule has 2 bridgehead atoms. The van der Waals surface area contributed by atoms with Crippen LogP contribution in [0.2, 0.25) is 0 Å². The number of fused-ring (bicyclic) bond motifs is 2. The second kappa shape index (κ2) is 2.92. The molecule has 1 aliphatic carbocycles. The zero-order valence-corrected chi connectivity index (χ0v) is 8.06. The van der Waals surface area contributed by atoms with E-state index in [9.17, 15) is 10.2 Å². The summed E-state index contributed by atoms with van der Waals surface area (Å²) in [6.07, 6.45) is 2.73.